The Hall–Kier alpha value is -1.03. The largest absolute Gasteiger partial charge is 0.376 e. The number of nitrogens with zero attached hydrogens (tertiary/aromatic N) is 1. The summed E-state index contributed by atoms with van der Waals surface area (Å²) in [6.07, 6.45) is 8.55. The molecule has 1 N–H and O–H groups in total. The molecule has 1 aliphatic heterocycles. The highest BCUT2D eigenvalue weighted by molar-refractivity contribution is 5.19. The Balaban J connectivity index is 1.93. The minimum absolute atomic E-state index is 0.0592. The molecule has 0 atom stereocenters. The second-order valence-electron chi connectivity index (χ2n) is 5.18. The topological polar surface area (TPSA) is 47.0 Å². The lowest BCUT2D eigenvalue weighted by molar-refractivity contribution is 0.107. The monoisotopic (exact) mass is 236 g/mol. The van der Waals surface area contributed by atoms with Crippen molar-refractivity contribution in [3.8, 4) is 0 Å². The molecule has 0 saturated heterocycles. The lowest BCUT2D eigenvalue weighted by Crippen LogP contribution is -2.18. The van der Waals surface area contributed by atoms with Crippen molar-refractivity contribution in [3.63, 3.8) is 0 Å². The van der Waals surface area contributed by atoms with Gasteiger partial charge >= 0.3 is 0 Å². The van der Waals surface area contributed by atoms with E-state index in [4.69, 9.17) is 4.74 Å². The van der Waals surface area contributed by atoms with Gasteiger partial charge in [0.05, 0.1) is 24.8 Å². The number of hydrogen-bond acceptors (Lipinski definition) is 2. The maximum absolute atomic E-state index is 11.9. The normalized spacial score (nSPS) is 22.1. The first-order valence-corrected chi connectivity index (χ1v) is 6.76. The van der Waals surface area contributed by atoms with Gasteiger partial charge in [-0.05, 0) is 12.8 Å². The SMILES string of the molecule is O=c1[nH]n(C2CCCCCC2)c2c1COCC2. The molecule has 17 heavy (non-hydrogen) atoms. The molecule has 94 valence electrons. The van der Waals surface area contributed by atoms with Crippen LogP contribution in [0.2, 0.25) is 0 Å². The zero-order valence-electron chi connectivity index (χ0n) is 10.2. The number of hydrogen-bond donors (Lipinski definition) is 1. The predicted octanol–water partition coefficient (Wildman–Crippen LogP) is 2.14. The van der Waals surface area contributed by atoms with Crippen molar-refractivity contribution in [1.82, 2.24) is 9.78 Å². The van der Waals surface area contributed by atoms with Gasteiger partial charge in [-0.3, -0.25) is 14.6 Å². The standard InChI is InChI=1S/C13H20N2O2/c16-13-11-9-17-8-7-12(11)15(14-13)10-5-3-1-2-4-6-10/h10H,1-9H2,(H,14,16). The van der Waals surface area contributed by atoms with Crippen molar-refractivity contribution in [3.05, 3.63) is 21.6 Å². The minimum atomic E-state index is 0.0592. The van der Waals surface area contributed by atoms with Gasteiger partial charge in [0.15, 0.2) is 0 Å². The van der Waals surface area contributed by atoms with Crippen molar-refractivity contribution in [1.29, 1.82) is 0 Å². The summed E-state index contributed by atoms with van der Waals surface area (Å²) in [6.45, 7) is 1.24. The summed E-state index contributed by atoms with van der Waals surface area (Å²) < 4.78 is 7.53. The summed E-state index contributed by atoms with van der Waals surface area (Å²) in [4.78, 5) is 11.9. The van der Waals surface area contributed by atoms with Gasteiger partial charge in [0.1, 0.15) is 0 Å². The number of ether oxygens (including phenoxy) is 1. The van der Waals surface area contributed by atoms with Gasteiger partial charge in [-0.25, -0.2) is 0 Å². The smallest absolute Gasteiger partial charge is 0.269 e. The van der Waals surface area contributed by atoms with Crippen LogP contribution in [-0.4, -0.2) is 16.4 Å². The number of aromatic nitrogens is 2. The van der Waals surface area contributed by atoms with Gasteiger partial charge in [-0.2, -0.15) is 0 Å². The van der Waals surface area contributed by atoms with E-state index in [2.05, 4.69) is 9.78 Å². The minimum Gasteiger partial charge on any atom is -0.376 e. The van der Waals surface area contributed by atoms with Crippen LogP contribution in [0.25, 0.3) is 0 Å². The van der Waals surface area contributed by atoms with Crippen molar-refractivity contribution >= 4 is 0 Å². The highest BCUT2D eigenvalue weighted by atomic mass is 16.5. The summed E-state index contributed by atoms with van der Waals surface area (Å²) in [5, 5.41) is 3.03. The van der Waals surface area contributed by atoms with Crippen molar-refractivity contribution < 1.29 is 4.74 Å². The maximum atomic E-state index is 11.9. The third-order valence-corrected chi connectivity index (χ3v) is 4.05. The molecule has 2 aliphatic rings. The lowest BCUT2D eigenvalue weighted by Gasteiger charge is -2.21. The van der Waals surface area contributed by atoms with Crippen molar-refractivity contribution in [2.24, 2.45) is 0 Å². The summed E-state index contributed by atoms with van der Waals surface area (Å²) in [5.41, 5.74) is 2.12. The number of aromatic amines is 1. The first kappa shape index (κ1) is 11.1. The summed E-state index contributed by atoms with van der Waals surface area (Å²) in [5.74, 6) is 0. The second kappa shape index (κ2) is 4.69. The Morgan fingerprint density at radius 1 is 1.18 bits per heavy atom. The molecule has 0 radical (unpaired) electrons. The summed E-state index contributed by atoms with van der Waals surface area (Å²) in [7, 11) is 0. The molecule has 3 rings (SSSR count). The molecule has 1 saturated carbocycles. The Morgan fingerprint density at radius 3 is 2.71 bits per heavy atom. The highest BCUT2D eigenvalue weighted by Gasteiger charge is 2.23. The van der Waals surface area contributed by atoms with Crippen LogP contribution in [0.3, 0.4) is 0 Å². The summed E-state index contributed by atoms with van der Waals surface area (Å²) >= 11 is 0. The van der Waals surface area contributed by atoms with E-state index in [1.807, 2.05) is 0 Å². The van der Waals surface area contributed by atoms with E-state index < -0.39 is 0 Å². The Labute approximate surface area is 101 Å². The molecule has 1 aliphatic carbocycles. The van der Waals surface area contributed by atoms with E-state index >= 15 is 0 Å². The van der Waals surface area contributed by atoms with Crippen molar-refractivity contribution in [2.45, 2.75) is 57.6 Å². The molecule has 4 heteroatoms. The highest BCUT2D eigenvalue weighted by Crippen LogP contribution is 2.28. The fourth-order valence-corrected chi connectivity index (χ4v) is 3.11. The van der Waals surface area contributed by atoms with Gasteiger partial charge in [0.2, 0.25) is 0 Å². The van der Waals surface area contributed by atoms with Crippen molar-refractivity contribution in [2.75, 3.05) is 6.61 Å². The van der Waals surface area contributed by atoms with Gasteiger partial charge in [-0.15, -0.1) is 0 Å². The van der Waals surface area contributed by atoms with Crippen LogP contribution in [-0.2, 0) is 17.8 Å². The van der Waals surface area contributed by atoms with Crippen LogP contribution in [0.1, 0.15) is 55.8 Å². The van der Waals surface area contributed by atoms with E-state index in [0.29, 0.717) is 12.6 Å². The zero-order chi connectivity index (χ0) is 11.7. The molecule has 2 heterocycles. The lowest BCUT2D eigenvalue weighted by atomic mass is 10.1. The third-order valence-electron chi connectivity index (χ3n) is 4.05. The number of rotatable bonds is 1. The first-order chi connectivity index (χ1) is 8.36. The molecule has 0 aromatic carbocycles. The predicted molar refractivity (Wildman–Crippen MR) is 65.2 cm³/mol. The fraction of sp³-hybridized carbons (Fsp3) is 0.769. The molecule has 4 nitrogen and oxygen atoms in total. The van der Waals surface area contributed by atoms with Gasteiger partial charge in [0, 0.05) is 12.1 Å². The van der Waals surface area contributed by atoms with Crippen LogP contribution in [0.4, 0.5) is 0 Å². The van der Waals surface area contributed by atoms with E-state index in [-0.39, 0.29) is 5.56 Å². The molecule has 0 amide bonds. The van der Waals surface area contributed by atoms with Crippen LogP contribution in [0.5, 0.6) is 0 Å². The number of H-pyrrole nitrogens is 1. The Morgan fingerprint density at radius 2 is 1.94 bits per heavy atom. The van der Waals surface area contributed by atoms with Crippen LogP contribution in [0.15, 0.2) is 4.79 Å². The zero-order valence-corrected chi connectivity index (χ0v) is 10.2. The second-order valence-corrected chi connectivity index (χ2v) is 5.18. The van der Waals surface area contributed by atoms with Crippen LogP contribution in [0, 0.1) is 0 Å². The van der Waals surface area contributed by atoms with Crippen LogP contribution < -0.4 is 5.56 Å². The molecule has 0 spiro atoms. The van der Waals surface area contributed by atoms with E-state index in [1.54, 1.807) is 0 Å². The summed E-state index contributed by atoms with van der Waals surface area (Å²) in [6, 6.07) is 0.507. The van der Waals surface area contributed by atoms with Gasteiger partial charge < -0.3 is 4.74 Å². The molecule has 1 fully saturated rings. The van der Waals surface area contributed by atoms with Gasteiger partial charge in [-0.1, -0.05) is 25.7 Å². The molecule has 0 unspecified atom stereocenters. The van der Waals surface area contributed by atoms with E-state index in [0.717, 1.165) is 18.6 Å². The van der Waals surface area contributed by atoms with Crippen LogP contribution >= 0.6 is 0 Å². The van der Waals surface area contributed by atoms with E-state index in [1.165, 1.54) is 44.2 Å². The Bertz CT molecular complexity index is 439. The number of nitrogens with one attached hydrogen (secondary N) is 1. The molecular weight excluding hydrogens is 216 g/mol. The quantitative estimate of drug-likeness (QED) is 0.759. The van der Waals surface area contributed by atoms with Gasteiger partial charge in [0.25, 0.3) is 5.56 Å². The first-order valence-electron chi connectivity index (χ1n) is 6.76. The molecule has 1 aromatic rings. The molecule has 0 bridgehead atoms. The molecule has 1 aromatic heterocycles. The molecular formula is C13H20N2O2. The Kier molecular flexibility index (Phi) is 3.05. The maximum Gasteiger partial charge on any atom is 0.269 e. The average molecular weight is 236 g/mol. The number of fused-ring (bicyclic) bond motifs is 1. The van der Waals surface area contributed by atoms with E-state index in [9.17, 15) is 4.79 Å². The fourth-order valence-electron chi connectivity index (χ4n) is 3.11. The third kappa shape index (κ3) is 2.06. The average Bonchev–Trinajstić information content (AvgIpc) is 2.57.